The van der Waals surface area contributed by atoms with Crippen LogP contribution >= 0.6 is 0 Å². The minimum Gasteiger partial charge on any atom is -0.309 e. The van der Waals surface area contributed by atoms with Crippen LogP contribution in [0.25, 0.3) is 0 Å². The Labute approximate surface area is 812 Å². The number of allylic oxidation sites excluding steroid dienone is 20. The van der Waals surface area contributed by atoms with E-state index >= 15 is 0 Å². The summed E-state index contributed by atoms with van der Waals surface area (Å²) in [5.41, 5.74) is 7.29. The summed E-state index contributed by atoms with van der Waals surface area (Å²) in [5, 5.41) is 0. The van der Waals surface area contributed by atoms with Crippen LogP contribution < -0.4 is 0 Å². The first-order valence-electron chi connectivity index (χ1n) is 52.3. The number of carbonyl (C=O) groups is 12. The van der Waals surface area contributed by atoms with Crippen molar-refractivity contribution in [3.63, 3.8) is 0 Å². The minimum atomic E-state index is -0.149. The maximum Gasteiger partial charge on any atom is 0.256 e. The summed E-state index contributed by atoms with van der Waals surface area (Å²) >= 11 is 0. The van der Waals surface area contributed by atoms with Crippen LogP contribution in [0, 0.1) is 142 Å². The lowest BCUT2D eigenvalue weighted by atomic mass is 9.89. The van der Waals surface area contributed by atoms with Gasteiger partial charge in [-0.15, -0.1) is 0 Å². The van der Waals surface area contributed by atoms with Crippen LogP contribution in [0.5, 0.6) is 0 Å². The van der Waals surface area contributed by atoms with E-state index in [9.17, 15) is 57.5 Å². The quantitative estimate of drug-likeness (QED) is 0.0425. The largest absolute Gasteiger partial charge is 0.309 e. The number of hydrogen-bond donors (Lipinski definition) is 0. The van der Waals surface area contributed by atoms with Gasteiger partial charge in [0.05, 0.1) is 0 Å². The molecule has 8 fully saturated rings. The van der Waals surface area contributed by atoms with Crippen LogP contribution in [0.1, 0.15) is 215 Å². The Balaban J connectivity index is 0.000000109. The first-order chi connectivity index (χ1) is 65.9. The minimum absolute atomic E-state index is 0.0840. The fourth-order valence-corrected chi connectivity index (χ4v) is 27.4. The molecular formula is C117H146N8O12. The van der Waals surface area contributed by atoms with Gasteiger partial charge >= 0.3 is 0 Å². The lowest BCUT2D eigenvalue weighted by Crippen LogP contribution is -2.37. The van der Waals surface area contributed by atoms with Gasteiger partial charge in [0.15, 0.2) is 0 Å². The van der Waals surface area contributed by atoms with E-state index in [0.29, 0.717) is 113 Å². The van der Waals surface area contributed by atoms with Gasteiger partial charge in [-0.25, -0.2) is 0 Å². The monoisotopic (exact) mass is 1860 g/mol. The predicted molar refractivity (Wildman–Crippen MR) is 533 cm³/mol. The van der Waals surface area contributed by atoms with Crippen LogP contribution in [-0.4, -0.2) is 162 Å². The van der Waals surface area contributed by atoms with Crippen molar-refractivity contribution >= 4 is 70.9 Å². The number of hydrogen-bond acceptors (Lipinski definition) is 12. The highest BCUT2D eigenvalue weighted by atomic mass is 16.2. The summed E-state index contributed by atoms with van der Waals surface area (Å²) in [4.78, 5) is 153. The Bertz CT molecular complexity index is 5270. The molecule has 0 saturated heterocycles. The third kappa shape index (κ3) is 22.3. The number of fused-ring (bicyclic) bond motifs is 16. The molecule has 0 radical (unpaired) electrons. The van der Waals surface area contributed by atoms with Crippen molar-refractivity contribution in [3.8, 4) is 0 Å². The number of amides is 12. The molecule has 8 saturated carbocycles. The maximum absolute atomic E-state index is 11.9. The lowest BCUT2D eigenvalue weighted by Gasteiger charge is -2.25. The second-order valence-electron chi connectivity index (χ2n) is 44.3. The third-order valence-electron chi connectivity index (χ3n) is 35.5. The lowest BCUT2D eigenvalue weighted by molar-refractivity contribution is -0.139. The molecule has 726 valence electrons. The molecule has 0 aromatic rings. The Morgan fingerprint density at radius 3 is 0.759 bits per heavy atom. The molecule has 24 rings (SSSR count). The van der Waals surface area contributed by atoms with E-state index in [-0.39, 0.29) is 70.9 Å². The molecule has 0 aromatic heterocycles. The molecule has 16 aliphatic carbocycles. The molecule has 12 amide bonds. The second kappa shape index (κ2) is 42.9. The van der Waals surface area contributed by atoms with Crippen LogP contribution in [0.4, 0.5) is 0 Å². The van der Waals surface area contributed by atoms with Gasteiger partial charge in [0, 0.05) is 145 Å². The van der Waals surface area contributed by atoms with E-state index in [1.165, 1.54) is 160 Å². The molecule has 0 aromatic carbocycles. The highest BCUT2D eigenvalue weighted by Crippen LogP contribution is 2.52. The highest BCUT2D eigenvalue weighted by molar-refractivity contribution is 6.20. The van der Waals surface area contributed by atoms with E-state index in [4.69, 9.17) is 0 Å². The molecular weight excluding hydrogens is 1710 g/mol. The van der Waals surface area contributed by atoms with Gasteiger partial charge in [0.1, 0.15) is 0 Å². The van der Waals surface area contributed by atoms with Gasteiger partial charge in [-0.1, -0.05) is 136 Å². The van der Waals surface area contributed by atoms with E-state index in [1.54, 1.807) is 62.6 Å². The zero-order valence-electron chi connectivity index (χ0n) is 81.9. The predicted octanol–water partition coefficient (Wildman–Crippen LogP) is 19.6. The van der Waals surface area contributed by atoms with Gasteiger partial charge in [-0.2, -0.15) is 0 Å². The van der Waals surface area contributed by atoms with Crippen molar-refractivity contribution in [2.75, 3.05) is 52.4 Å². The Morgan fingerprint density at radius 2 is 0.467 bits per heavy atom. The summed E-state index contributed by atoms with van der Waals surface area (Å²) in [6.07, 6.45) is 87.3. The summed E-state index contributed by atoms with van der Waals surface area (Å²) in [7, 11) is 0. The molecule has 20 heteroatoms. The molecule has 24 unspecified atom stereocenters. The normalized spacial score (nSPS) is 34.7. The van der Waals surface area contributed by atoms with Crippen molar-refractivity contribution in [3.05, 3.63) is 241 Å². The van der Waals surface area contributed by atoms with Crippen LogP contribution in [0.3, 0.4) is 0 Å². The molecule has 137 heavy (non-hydrogen) atoms. The Kier molecular flexibility index (Phi) is 30.7. The van der Waals surface area contributed by atoms with Crippen molar-refractivity contribution in [2.45, 2.75) is 215 Å². The maximum atomic E-state index is 11.9. The Morgan fingerprint density at radius 1 is 0.212 bits per heavy atom. The number of rotatable bonds is 27. The van der Waals surface area contributed by atoms with Gasteiger partial charge in [-0.3, -0.25) is 77.1 Å². The first-order valence-corrected chi connectivity index (χ1v) is 52.3. The average Bonchev–Trinajstić information content (AvgIpc) is 1.64. The standard InChI is InChI=1S/C17H23NO.C16H21NO2.C16H21NO.C15H19NO.C14H17NO2.2C13H15NO2.C13H15NO/c1-12-9-13(2)18(17(12)19)8-4-3-5-15-10-14-6-7-16(15)11-14;1-10-11(2)16(19)17(15(10)18)7-3-4-13-8-12-5-6-14(13)9-12;1-12-5-8-16(18)17(12)9-3-2-4-14-10-13-6-7-15(14)11-13;1-11-4-7-15(17)16(11)8-2-3-13-9-12-5-6-14(13)10-12;1-8-9(2)14(17)15(13(8)16)7-12-6-10-3-4-11(12)5-10;1-8-4-12(15)14(13(8)16)7-11-6-9-2-3-10(11)5-9;15-12-3-4-13(16)14(12)6-5-11-8-9-1-2-10(11)7-9;1-9-2-5-13(15)14(9)8-12-7-10-3-4-11(12)6-10/h6-7,9,14-16H,2-5,8,10-11H2,1H3;5-6,12-14H,3-4,7-9H2,1-2H3;5-8,13-15H,1-4,9-11H2;4-7,12-14H,1-3,8-10H2;3-4,10-12H,5-7H2,1-2H3;2-4,9-11H,5-7H2,1H3;1-4,9-11H,5-8H2;2-5,10-12H,1,6-8H2. The van der Waals surface area contributed by atoms with Crippen molar-refractivity contribution in [2.24, 2.45) is 142 Å². The Hall–Kier alpha value is -10.8. The van der Waals surface area contributed by atoms with E-state index in [2.05, 4.69) is 124 Å². The number of imide groups is 4. The van der Waals surface area contributed by atoms with Gasteiger partial charge < -0.3 is 19.6 Å². The molecule has 8 heterocycles. The van der Waals surface area contributed by atoms with Crippen molar-refractivity contribution < 1.29 is 57.5 Å². The number of unbranched alkanes of at least 4 members (excludes halogenated alkanes) is 2. The van der Waals surface area contributed by atoms with Gasteiger partial charge in [0.25, 0.3) is 70.9 Å². The van der Waals surface area contributed by atoms with Crippen LogP contribution in [0.2, 0.25) is 0 Å². The highest BCUT2D eigenvalue weighted by Gasteiger charge is 2.47. The fraction of sp³-hybridized carbons (Fsp3) is 0.556. The van der Waals surface area contributed by atoms with Crippen molar-refractivity contribution in [1.29, 1.82) is 0 Å². The summed E-state index contributed by atoms with van der Waals surface area (Å²) in [6, 6.07) is 0. The third-order valence-corrected chi connectivity index (χ3v) is 35.5. The van der Waals surface area contributed by atoms with E-state index < -0.39 is 0 Å². The zero-order chi connectivity index (χ0) is 96.3. The molecule has 16 bridgehead atoms. The van der Waals surface area contributed by atoms with Gasteiger partial charge in [-0.05, 0) is 368 Å². The molecule has 8 aliphatic heterocycles. The molecule has 24 atom stereocenters. The zero-order valence-corrected chi connectivity index (χ0v) is 81.9. The molecule has 24 aliphatic rings. The number of carbonyl (C=O) groups excluding carboxylic acids is 12. The SMILES string of the molecule is C=C1C=C(C)C(=O)N1CCCCC1CC2C=CC1C2.C=C1C=CC(=O)N1CC1CC2C=CC1C2.C=C1C=CC(=O)N1CCCC1CC2C=CC1C2.C=C1C=CC(=O)N1CCCCC1CC2C=CC1C2.CC1=C(C)C(=O)N(CC2CC3C=CC2C3)C1=O.CC1=C(C)C(=O)N(CCCC2CC3C=CC2C3)C1=O.CC1=CC(=O)N(CC2CC3C=CC2C3)C1=O.O=C1C=CC(=O)N1CCC1CC2C=CC1C2. The molecule has 0 spiro atoms. The topological polar surface area (TPSA) is 231 Å². The average molecular weight is 1860 g/mol. The molecule has 0 N–H and O–H groups in total. The van der Waals surface area contributed by atoms with Crippen molar-refractivity contribution in [1.82, 2.24) is 39.2 Å². The van der Waals surface area contributed by atoms with Crippen LogP contribution in [0.15, 0.2) is 241 Å². The smallest absolute Gasteiger partial charge is 0.256 e. The van der Waals surface area contributed by atoms with Gasteiger partial charge in [0.2, 0.25) is 0 Å². The summed E-state index contributed by atoms with van der Waals surface area (Å²) in [5.74, 6) is 17.6. The molecule has 20 nitrogen and oxygen atoms in total. The fourth-order valence-electron chi connectivity index (χ4n) is 27.4. The number of nitrogens with zero attached hydrogens (tertiary/aromatic N) is 8. The summed E-state index contributed by atoms with van der Waals surface area (Å²) < 4.78 is 0. The van der Waals surface area contributed by atoms with E-state index in [1.807, 2.05) is 41.0 Å². The summed E-state index contributed by atoms with van der Waals surface area (Å²) in [6.45, 7) is 31.9. The second-order valence-corrected chi connectivity index (χ2v) is 44.3. The van der Waals surface area contributed by atoms with Crippen LogP contribution in [-0.2, 0) is 57.5 Å². The first kappa shape index (κ1) is 97.9. The van der Waals surface area contributed by atoms with E-state index in [0.717, 1.165) is 189 Å².